The molecule has 1 amide bonds. The predicted molar refractivity (Wildman–Crippen MR) is 98.4 cm³/mol. The lowest BCUT2D eigenvalue weighted by molar-refractivity contribution is -0.126. The van der Waals surface area contributed by atoms with Crippen LogP contribution in [0.2, 0.25) is 0 Å². The fraction of sp³-hybridized carbons (Fsp3) is 0.389. The average molecular weight is 392 g/mol. The number of hydrogen-bond acceptors (Lipinski definition) is 5. The van der Waals surface area contributed by atoms with Crippen LogP contribution in [0, 0.1) is 11.7 Å². The first kappa shape index (κ1) is 19.4. The highest BCUT2D eigenvalue weighted by Crippen LogP contribution is 2.20. The van der Waals surface area contributed by atoms with E-state index in [0.717, 1.165) is 5.56 Å². The van der Waals surface area contributed by atoms with Crippen LogP contribution in [0.15, 0.2) is 36.7 Å². The molecule has 1 N–H and O–H groups in total. The lowest BCUT2D eigenvalue weighted by atomic mass is 9.97. The van der Waals surface area contributed by atoms with E-state index in [-0.39, 0.29) is 24.2 Å². The monoisotopic (exact) mass is 392 g/mol. The van der Waals surface area contributed by atoms with Crippen molar-refractivity contribution >= 4 is 15.9 Å². The van der Waals surface area contributed by atoms with Gasteiger partial charge in [-0.1, -0.05) is 0 Å². The van der Waals surface area contributed by atoms with Crippen molar-refractivity contribution in [1.82, 2.24) is 19.6 Å². The first-order valence-electron chi connectivity index (χ1n) is 8.62. The summed E-state index contributed by atoms with van der Waals surface area (Å²) in [5.41, 5.74) is 2.06. The van der Waals surface area contributed by atoms with Crippen LogP contribution in [0.4, 0.5) is 4.39 Å². The Hall–Kier alpha value is -2.39. The molecule has 0 aliphatic carbocycles. The second-order valence-electron chi connectivity index (χ2n) is 6.56. The molecule has 0 spiro atoms. The highest BCUT2D eigenvalue weighted by atomic mass is 32.2. The maximum Gasteiger partial charge on any atom is 0.223 e. The number of sulfonamides is 1. The first-order chi connectivity index (χ1) is 12.8. The second-order valence-corrected chi connectivity index (χ2v) is 8.54. The summed E-state index contributed by atoms with van der Waals surface area (Å²) in [6.45, 7) is 0.972. The number of rotatable bonds is 5. The summed E-state index contributed by atoms with van der Waals surface area (Å²) < 4.78 is 37.5. The SMILES string of the molecule is CS(=O)(=O)N1CCC(C(=O)NCc2cc(-c3ccc(F)cc3)ncn2)CC1. The third-order valence-electron chi connectivity index (χ3n) is 4.60. The quantitative estimate of drug-likeness (QED) is 0.834. The van der Waals surface area contributed by atoms with E-state index in [0.29, 0.717) is 37.3 Å². The van der Waals surface area contributed by atoms with Gasteiger partial charge >= 0.3 is 0 Å². The van der Waals surface area contributed by atoms with Gasteiger partial charge in [0.2, 0.25) is 15.9 Å². The van der Waals surface area contributed by atoms with Gasteiger partial charge in [0.05, 0.1) is 24.2 Å². The van der Waals surface area contributed by atoms with Crippen LogP contribution >= 0.6 is 0 Å². The molecule has 2 heterocycles. The van der Waals surface area contributed by atoms with Crippen molar-refractivity contribution in [2.75, 3.05) is 19.3 Å². The molecule has 2 aromatic rings. The zero-order valence-electron chi connectivity index (χ0n) is 14.9. The molecule has 1 fully saturated rings. The van der Waals surface area contributed by atoms with Crippen LogP contribution in [-0.2, 0) is 21.4 Å². The number of halogens is 1. The molecule has 0 bridgehead atoms. The van der Waals surface area contributed by atoms with Crippen molar-refractivity contribution in [2.24, 2.45) is 5.92 Å². The topological polar surface area (TPSA) is 92.3 Å². The van der Waals surface area contributed by atoms with E-state index in [9.17, 15) is 17.6 Å². The molecule has 0 unspecified atom stereocenters. The molecule has 1 saturated heterocycles. The second kappa shape index (κ2) is 8.10. The van der Waals surface area contributed by atoms with Gasteiger partial charge < -0.3 is 5.32 Å². The maximum atomic E-state index is 13.0. The smallest absolute Gasteiger partial charge is 0.223 e. The lowest BCUT2D eigenvalue weighted by Crippen LogP contribution is -2.42. The normalized spacial score (nSPS) is 16.2. The number of hydrogen-bond donors (Lipinski definition) is 1. The van der Waals surface area contributed by atoms with Crippen molar-refractivity contribution < 1.29 is 17.6 Å². The Kier molecular flexibility index (Phi) is 5.81. The zero-order chi connectivity index (χ0) is 19.4. The Balaban J connectivity index is 1.57. The van der Waals surface area contributed by atoms with Crippen LogP contribution in [0.5, 0.6) is 0 Å². The predicted octanol–water partition coefficient (Wildman–Crippen LogP) is 1.57. The summed E-state index contributed by atoms with van der Waals surface area (Å²) in [5.74, 6) is -0.631. The zero-order valence-corrected chi connectivity index (χ0v) is 15.7. The summed E-state index contributed by atoms with van der Waals surface area (Å²) >= 11 is 0. The highest BCUT2D eigenvalue weighted by Gasteiger charge is 2.28. The number of aromatic nitrogens is 2. The lowest BCUT2D eigenvalue weighted by Gasteiger charge is -2.29. The molecular formula is C18H21FN4O3S. The Morgan fingerprint density at radius 1 is 1.22 bits per heavy atom. The maximum absolute atomic E-state index is 13.0. The number of piperidine rings is 1. The summed E-state index contributed by atoms with van der Waals surface area (Å²) in [7, 11) is -3.20. The summed E-state index contributed by atoms with van der Waals surface area (Å²) in [5, 5.41) is 2.85. The van der Waals surface area contributed by atoms with Crippen LogP contribution in [0.3, 0.4) is 0 Å². The van der Waals surface area contributed by atoms with E-state index in [1.165, 1.54) is 29.0 Å². The van der Waals surface area contributed by atoms with Crippen molar-refractivity contribution in [2.45, 2.75) is 19.4 Å². The minimum atomic E-state index is -3.20. The molecule has 144 valence electrons. The molecule has 0 saturated carbocycles. The molecule has 1 aliphatic rings. The number of carbonyl (C=O) groups excluding carboxylic acids is 1. The van der Waals surface area contributed by atoms with E-state index < -0.39 is 10.0 Å². The van der Waals surface area contributed by atoms with Crippen molar-refractivity contribution in [1.29, 1.82) is 0 Å². The molecule has 0 radical (unpaired) electrons. The minimum Gasteiger partial charge on any atom is -0.350 e. The Morgan fingerprint density at radius 3 is 2.52 bits per heavy atom. The number of benzene rings is 1. The van der Waals surface area contributed by atoms with Gasteiger partial charge in [-0.2, -0.15) is 0 Å². The molecule has 27 heavy (non-hydrogen) atoms. The largest absolute Gasteiger partial charge is 0.350 e. The van der Waals surface area contributed by atoms with E-state index in [4.69, 9.17) is 0 Å². The fourth-order valence-corrected chi connectivity index (χ4v) is 3.92. The summed E-state index contributed by atoms with van der Waals surface area (Å²) in [6, 6.07) is 7.74. The van der Waals surface area contributed by atoms with Gasteiger partial charge in [0.1, 0.15) is 12.1 Å². The van der Waals surface area contributed by atoms with Crippen LogP contribution in [-0.4, -0.2) is 47.9 Å². The molecule has 0 atom stereocenters. The molecule has 1 aromatic heterocycles. The summed E-state index contributed by atoms with van der Waals surface area (Å²) in [4.78, 5) is 20.7. The molecular weight excluding hydrogens is 371 g/mol. The molecule has 9 heteroatoms. The number of carbonyl (C=O) groups is 1. The van der Waals surface area contributed by atoms with Gasteiger partial charge in [0.15, 0.2) is 0 Å². The Morgan fingerprint density at radius 2 is 1.89 bits per heavy atom. The third kappa shape index (κ3) is 5.08. The Bertz CT molecular complexity index is 910. The van der Waals surface area contributed by atoms with Crippen LogP contribution in [0.25, 0.3) is 11.3 Å². The molecule has 1 aromatic carbocycles. The van der Waals surface area contributed by atoms with E-state index in [2.05, 4.69) is 15.3 Å². The van der Waals surface area contributed by atoms with Gasteiger partial charge in [0, 0.05) is 24.6 Å². The average Bonchev–Trinajstić information content (AvgIpc) is 2.66. The van der Waals surface area contributed by atoms with Crippen molar-refractivity contribution in [3.63, 3.8) is 0 Å². The molecule has 1 aliphatic heterocycles. The van der Waals surface area contributed by atoms with Crippen molar-refractivity contribution in [3.05, 3.63) is 48.2 Å². The van der Waals surface area contributed by atoms with Gasteiger partial charge in [0.25, 0.3) is 0 Å². The first-order valence-corrected chi connectivity index (χ1v) is 10.5. The number of nitrogens with zero attached hydrogens (tertiary/aromatic N) is 3. The highest BCUT2D eigenvalue weighted by molar-refractivity contribution is 7.88. The summed E-state index contributed by atoms with van der Waals surface area (Å²) in [6.07, 6.45) is 3.60. The molecule has 3 rings (SSSR count). The van der Waals surface area contributed by atoms with Crippen molar-refractivity contribution in [3.8, 4) is 11.3 Å². The van der Waals surface area contributed by atoms with E-state index >= 15 is 0 Å². The standard InChI is InChI=1S/C18H21FN4O3S/c1-27(25,26)23-8-6-14(7-9-23)18(24)20-11-16-10-17(22-12-21-16)13-2-4-15(19)5-3-13/h2-5,10,12,14H,6-9,11H2,1H3,(H,20,24). The van der Waals surface area contributed by atoms with Gasteiger partial charge in [-0.15, -0.1) is 0 Å². The van der Waals surface area contributed by atoms with Crippen LogP contribution in [0.1, 0.15) is 18.5 Å². The van der Waals surface area contributed by atoms with Crippen LogP contribution < -0.4 is 5.32 Å². The third-order valence-corrected chi connectivity index (χ3v) is 5.90. The fourth-order valence-electron chi connectivity index (χ4n) is 3.04. The number of amides is 1. The van der Waals surface area contributed by atoms with Gasteiger partial charge in [-0.05, 0) is 43.2 Å². The van der Waals surface area contributed by atoms with E-state index in [1.807, 2.05) is 0 Å². The number of nitrogens with one attached hydrogen (secondary N) is 1. The molecule has 7 nitrogen and oxygen atoms in total. The Labute approximate surface area is 157 Å². The van der Waals surface area contributed by atoms with E-state index in [1.54, 1.807) is 18.2 Å². The minimum absolute atomic E-state index is 0.106. The van der Waals surface area contributed by atoms with Gasteiger partial charge in [-0.25, -0.2) is 27.1 Å². The van der Waals surface area contributed by atoms with Gasteiger partial charge in [-0.3, -0.25) is 4.79 Å².